The molecule has 1 aromatic carbocycles. The van der Waals surface area contributed by atoms with E-state index in [4.69, 9.17) is 4.42 Å². The number of fused-ring (bicyclic) bond motifs is 1. The molecule has 0 saturated carbocycles. The number of aliphatic hydroxyl groups is 1. The molecule has 0 spiro atoms. The lowest BCUT2D eigenvalue weighted by atomic mass is 9.99. The van der Waals surface area contributed by atoms with Gasteiger partial charge in [-0.3, -0.25) is 0 Å². The average Bonchev–Trinajstić information content (AvgIpc) is 2.73. The van der Waals surface area contributed by atoms with E-state index in [0.717, 1.165) is 36.6 Å². The highest BCUT2D eigenvalue weighted by Crippen LogP contribution is 2.23. The summed E-state index contributed by atoms with van der Waals surface area (Å²) in [5, 5.41) is 9.60. The van der Waals surface area contributed by atoms with Gasteiger partial charge in [0, 0.05) is 12.8 Å². The maximum Gasteiger partial charge on any atom is 0.199 e. The average molecular weight is 243 g/mol. The van der Waals surface area contributed by atoms with Crippen LogP contribution >= 0.6 is 0 Å². The van der Waals surface area contributed by atoms with Crippen LogP contribution in [0.3, 0.4) is 0 Å². The van der Waals surface area contributed by atoms with Crippen LogP contribution in [0, 0.1) is 6.92 Å². The first-order valence-electron chi connectivity index (χ1n) is 6.42. The molecular formula is C15H17NO2. The summed E-state index contributed by atoms with van der Waals surface area (Å²) in [6.45, 7) is 2.08. The molecule has 94 valence electrons. The summed E-state index contributed by atoms with van der Waals surface area (Å²) in [7, 11) is 0. The molecule has 1 aromatic heterocycles. The fraction of sp³-hybridized carbons (Fsp3) is 0.400. The zero-order chi connectivity index (χ0) is 12.5. The molecule has 0 radical (unpaired) electrons. The van der Waals surface area contributed by atoms with Gasteiger partial charge in [-0.15, -0.1) is 0 Å². The van der Waals surface area contributed by atoms with Crippen molar-refractivity contribution < 1.29 is 9.52 Å². The first-order chi connectivity index (χ1) is 8.70. The van der Waals surface area contributed by atoms with E-state index in [2.05, 4.69) is 36.2 Å². The van der Waals surface area contributed by atoms with E-state index in [-0.39, 0.29) is 6.10 Å². The Kier molecular flexibility index (Phi) is 2.92. The van der Waals surface area contributed by atoms with Gasteiger partial charge in [-0.25, -0.2) is 4.98 Å². The Hall–Kier alpha value is -1.61. The van der Waals surface area contributed by atoms with Crippen molar-refractivity contribution in [3.8, 4) is 0 Å². The predicted molar refractivity (Wildman–Crippen MR) is 68.5 cm³/mol. The molecule has 1 aliphatic rings. The Bertz CT molecular complexity index is 542. The van der Waals surface area contributed by atoms with E-state index >= 15 is 0 Å². The fourth-order valence-corrected chi connectivity index (χ4v) is 2.37. The van der Waals surface area contributed by atoms with Gasteiger partial charge in [-0.1, -0.05) is 29.8 Å². The summed E-state index contributed by atoms with van der Waals surface area (Å²) in [5.74, 6) is 1.63. The number of nitrogens with zero attached hydrogens (tertiary/aromatic N) is 1. The molecule has 0 amide bonds. The van der Waals surface area contributed by atoms with Gasteiger partial charge in [0.2, 0.25) is 0 Å². The molecule has 0 aliphatic heterocycles. The number of oxazole rings is 1. The zero-order valence-electron chi connectivity index (χ0n) is 10.5. The van der Waals surface area contributed by atoms with Crippen molar-refractivity contribution in [2.24, 2.45) is 0 Å². The minimum Gasteiger partial charge on any atom is -0.445 e. The van der Waals surface area contributed by atoms with E-state index in [0.29, 0.717) is 6.42 Å². The van der Waals surface area contributed by atoms with Gasteiger partial charge in [-0.05, 0) is 25.3 Å². The third kappa shape index (κ3) is 2.31. The molecule has 3 heteroatoms. The molecule has 0 bridgehead atoms. The first kappa shape index (κ1) is 11.5. The minimum absolute atomic E-state index is 0.266. The van der Waals surface area contributed by atoms with Crippen molar-refractivity contribution in [3.63, 3.8) is 0 Å². The molecule has 2 aromatic rings. The summed E-state index contributed by atoms with van der Waals surface area (Å²) >= 11 is 0. The maximum absolute atomic E-state index is 9.60. The van der Waals surface area contributed by atoms with E-state index in [1.54, 1.807) is 0 Å². The van der Waals surface area contributed by atoms with E-state index in [9.17, 15) is 5.11 Å². The highest BCUT2D eigenvalue weighted by molar-refractivity contribution is 5.24. The fourth-order valence-electron chi connectivity index (χ4n) is 2.37. The van der Waals surface area contributed by atoms with Gasteiger partial charge < -0.3 is 9.52 Å². The number of benzene rings is 1. The highest BCUT2D eigenvalue weighted by atomic mass is 16.4. The van der Waals surface area contributed by atoms with Crippen molar-refractivity contribution in [2.75, 3.05) is 0 Å². The van der Waals surface area contributed by atoms with Gasteiger partial charge in [0.15, 0.2) is 5.89 Å². The van der Waals surface area contributed by atoms with Crippen LogP contribution in [0.15, 0.2) is 28.7 Å². The van der Waals surface area contributed by atoms with Crippen molar-refractivity contribution >= 4 is 0 Å². The van der Waals surface area contributed by atoms with E-state index < -0.39 is 0 Å². The Morgan fingerprint density at radius 2 is 2.11 bits per heavy atom. The normalized spacial score (nSPS) is 18.7. The first-order valence-corrected chi connectivity index (χ1v) is 6.42. The van der Waals surface area contributed by atoms with E-state index in [1.165, 1.54) is 11.1 Å². The van der Waals surface area contributed by atoms with Gasteiger partial charge in [0.1, 0.15) is 5.76 Å². The second-order valence-electron chi connectivity index (χ2n) is 5.04. The molecule has 1 unspecified atom stereocenters. The Morgan fingerprint density at radius 3 is 2.89 bits per heavy atom. The number of aliphatic hydroxyl groups excluding tert-OH is 1. The monoisotopic (exact) mass is 243 g/mol. The van der Waals surface area contributed by atoms with Crippen molar-refractivity contribution in [1.29, 1.82) is 0 Å². The number of aromatic nitrogens is 1. The molecule has 1 atom stereocenters. The summed E-state index contributed by atoms with van der Waals surface area (Å²) in [4.78, 5) is 4.53. The second-order valence-corrected chi connectivity index (χ2v) is 5.04. The lowest BCUT2D eigenvalue weighted by Gasteiger charge is -2.13. The zero-order valence-corrected chi connectivity index (χ0v) is 10.5. The van der Waals surface area contributed by atoms with Gasteiger partial charge in [0.05, 0.1) is 11.8 Å². The summed E-state index contributed by atoms with van der Waals surface area (Å²) in [5.41, 5.74) is 3.50. The lowest BCUT2D eigenvalue weighted by molar-refractivity contribution is 0.149. The molecule has 0 fully saturated rings. The number of hydrogen-bond acceptors (Lipinski definition) is 3. The van der Waals surface area contributed by atoms with Crippen LogP contribution < -0.4 is 0 Å². The molecule has 1 heterocycles. The minimum atomic E-state index is -0.266. The van der Waals surface area contributed by atoms with Gasteiger partial charge in [-0.2, -0.15) is 0 Å². The molecule has 0 saturated heterocycles. The second kappa shape index (κ2) is 4.58. The molecular weight excluding hydrogens is 226 g/mol. The van der Waals surface area contributed by atoms with Crippen molar-refractivity contribution in [1.82, 2.24) is 4.98 Å². The molecule has 1 N–H and O–H groups in total. The standard InChI is InChI=1S/C15H17NO2/c1-10-2-4-11(5-3-10)8-15-16-13-7-6-12(17)9-14(13)18-15/h2-5,12,17H,6-9H2,1H3. The number of hydrogen-bond donors (Lipinski definition) is 1. The molecule has 3 rings (SSSR count). The summed E-state index contributed by atoms with van der Waals surface area (Å²) in [6, 6.07) is 8.41. The van der Waals surface area contributed by atoms with Crippen molar-refractivity contribution in [3.05, 3.63) is 52.7 Å². The Balaban J connectivity index is 1.79. The quantitative estimate of drug-likeness (QED) is 0.881. The van der Waals surface area contributed by atoms with Crippen LogP contribution in [0.1, 0.15) is 34.9 Å². The van der Waals surface area contributed by atoms with Gasteiger partial charge >= 0.3 is 0 Å². The van der Waals surface area contributed by atoms with Crippen LogP contribution in [-0.4, -0.2) is 16.2 Å². The Labute approximate surface area is 106 Å². The Morgan fingerprint density at radius 1 is 1.33 bits per heavy atom. The number of rotatable bonds is 2. The van der Waals surface area contributed by atoms with Crippen LogP contribution in [0.2, 0.25) is 0 Å². The smallest absolute Gasteiger partial charge is 0.199 e. The van der Waals surface area contributed by atoms with Crippen LogP contribution in [0.5, 0.6) is 0 Å². The lowest BCUT2D eigenvalue weighted by Crippen LogP contribution is -2.17. The van der Waals surface area contributed by atoms with Crippen LogP contribution in [0.25, 0.3) is 0 Å². The largest absolute Gasteiger partial charge is 0.445 e. The summed E-state index contributed by atoms with van der Waals surface area (Å²) in [6.07, 6.45) is 2.69. The third-order valence-corrected chi connectivity index (χ3v) is 3.43. The molecule has 3 nitrogen and oxygen atoms in total. The van der Waals surface area contributed by atoms with Crippen molar-refractivity contribution in [2.45, 2.75) is 38.7 Å². The third-order valence-electron chi connectivity index (χ3n) is 3.43. The predicted octanol–water partition coefficient (Wildman–Crippen LogP) is 2.42. The maximum atomic E-state index is 9.60. The SMILES string of the molecule is Cc1ccc(Cc2nc3c(o2)CC(O)CC3)cc1. The van der Waals surface area contributed by atoms with Crippen LogP contribution in [0.4, 0.5) is 0 Å². The van der Waals surface area contributed by atoms with E-state index in [1.807, 2.05) is 0 Å². The molecule has 18 heavy (non-hydrogen) atoms. The summed E-state index contributed by atoms with van der Waals surface area (Å²) < 4.78 is 5.74. The highest BCUT2D eigenvalue weighted by Gasteiger charge is 2.22. The van der Waals surface area contributed by atoms with Crippen LogP contribution in [-0.2, 0) is 19.3 Å². The number of aryl methyl sites for hydroxylation is 2. The van der Waals surface area contributed by atoms with Gasteiger partial charge in [0.25, 0.3) is 0 Å². The topological polar surface area (TPSA) is 46.3 Å². The molecule has 1 aliphatic carbocycles.